The predicted molar refractivity (Wildman–Crippen MR) is 48.8 cm³/mol. The Balaban J connectivity index is 2.25. The van der Waals surface area contributed by atoms with Crippen molar-refractivity contribution in [3.63, 3.8) is 0 Å². The minimum Gasteiger partial charge on any atom is -0.299 e. The number of hydrogen-bond acceptors (Lipinski definition) is 1. The van der Waals surface area contributed by atoms with Crippen LogP contribution in [0.15, 0.2) is 12.2 Å². The van der Waals surface area contributed by atoms with Crippen LogP contribution in [-0.4, -0.2) is 5.78 Å². The molecule has 0 aromatic heterocycles. The molecule has 0 N–H and O–H groups in total. The zero-order valence-corrected chi connectivity index (χ0v) is 7.68. The summed E-state index contributed by atoms with van der Waals surface area (Å²) in [5.74, 6) is 0.851. The Morgan fingerprint density at radius 3 is 3.08 bits per heavy atom. The van der Waals surface area contributed by atoms with E-state index in [0.29, 0.717) is 17.1 Å². The van der Waals surface area contributed by atoms with E-state index in [1.165, 1.54) is 6.42 Å². The van der Waals surface area contributed by atoms with Crippen LogP contribution < -0.4 is 0 Å². The number of Topliss-reactive ketones (excluding diaryl/α,β-unsaturated/α-hetero) is 1. The Labute approximate surface area is 73.8 Å². The van der Waals surface area contributed by atoms with E-state index < -0.39 is 0 Å². The molecular weight excluding hydrogens is 148 g/mol. The van der Waals surface area contributed by atoms with Crippen molar-refractivity contribution in [1.29, 1.82) is 0 Å². The standard InChI is InChI=1S/C11H16O/c1-11-7-3-2-5-9(11)10(12)6-4-8-11/h2-3,9H,4-8H2,1H3/t9?,11-/m1/s1. The highest BCUT2D eigenvalue weighted by Crippen LogP contribution is 2.46. The first-order valence-electron chi connectivity index (χ1n) is 4.90. The lowest BCUT2D eigenvalue weighted by Crippen LogP contribution is -2.38. The summed E-state index contributed by atoms with van der Waals surface area (Å²) in [6, 6.07) is 0. The summed E-state index contributed by atoms with van der Waals surface area (Å²) in [6.45, 7) is 2.28. The second-order valence-corrected chi connectivity index (χ2v) is 4.44. The van der Waals surface area contributed by atoms with Gasteiger partial charge in [-0.3, -0.25) is 4.79 Å². The quantitative estimate of drug-likeness (QED) is 0.503. The molecule has 0 bridgehead atoms. The minimum atomic E-state index is 0.310. The average Bonchev–Trinajstić information content (AvgIpc) is 2.04. The van der Waals surface area contributed by atoms with Gasteiger partial charge in [-0.1, -0.05) is 19.1 Å². The third kappa shape index (κ3) is 1.12. The molecule has 0 aromatic rings. The highest BCUT2D eigenvalue weighted by molar-refractivity contribution is 5.83. The molecule has 2 aliphatic rings. The summed E-state index contributed by atoms with van der Waals surface area (Å²) in [5, 5.41) is 0. The van der Waals surface area contributed by atoms with Crippen LogP contribution in [0.3, 0.4) is 0 Å². The minimum absolute atomic E-state index is 0.310. The third-order valence-corrected chi connectivity index (χ3v) is 3.52. The first-order valence-corrected chi connectivity index (χ1v) is 4.90. The predicted octanol–water partition coefficient (Wildman–Crippen LogP) is 2.71. The number of rotatable bonds is 0. The van der Waals surface area contributed by atoms with Gasteiger partial charge in [0.15, 0.2) is 0 Å². The second kappa shape index (κ2) is 2.72. The number of ketones is 1. The van der Waals surface area contributed by atoms with Gasteiger partial charge in [0, 0.05) is 12.3 Å². The van der Waals surface area contributed by atoms with Crippen molar-refractivity contribution in [1.82, 2.24) is 0 Å². The number of fused-ring (bicyclic) bond motifs is 1. The van der Waals surface area contributed by atoms with E-state index >= 15 is 0 Å². The largest absolute Gasteiger partial charge is 0.299 e. The van der Waals surface area contributed by atoms with Gasteiger partial charge in [0.25, 0.3) is 0 Å². The molecule has 66 valence electrons. The maximum atomic E-state index is 11.6. The topological polar surface area (TPSA) is 17.1 Å². The van der Waals surface area contributed by atoms with Crippen LogP contribution in [0.5, 0.6) is 0 Å². The van der Waals surface area contributed by atoms with Gasteiger partial charge >= 0.3 is 0 Å². The summed E-state index contributed by atoms with van der Waals surface area (Å²) in [7, 11) is 0. The molecule has 2 aliphatic carbocycles. The second-order valence-electron chi connectivity index (χ2n) is 4.44. The van der Waals surface area contributed by atoms with Crippen LogP contribution in [0, 0.1) is 11.3 Å². The van der Waals surface area contributed by atoms with Crippen LogP contribution in [0.1, 0.15) is 39.0 Å². The average molecular weight is 164 g/mol. The first-order chi connectivity index (χ1) is 5.72. The number of hydrogen-bond donors (Lipinski definition) is 0. The van der Waals surface area contributed by atoms with Gasteiger partial charge < -0.3 is 0 Å². The monoisotopic (exact) mass is 164 g/mol. The van der Waals surface area contributed by atoms with Crippen molar-refractivity contribution in [3.8, 4) is 0 Å². The van der Waals surface area contributed by atoms with Crippen LogP contribution in [0.4, 0.5) is 0 Å². The Hall–Kier alpha value is -0.590. The van der Waals surface area contributed by atoms with E-state index in [2.05, 4.69) is 19.1 Å². The molecule has 1 heteroatoms. The normalized spacial score (nSPS) is 41.1. The van der Waals surface area contributed by atoms with Crippen LogP contribution in [0.2, 0.25) is 0 Å². The van der Waals surface area contributed by atoms with E-state index in [0.717, 1.165) is 25.7 Å². The first kappa shape index (κ1) is 8.03. The SMILES string of the molecule is C[C@]12CC=CCC1C(=O)CCC2. The molecule has 2 atom stereocenters. The maximum Gasteiger partial charge on any atom is 0.136 e. The van der Waals surface area contributed by atoms with Gasteiger partial charge in [-0.25, -0.2) is 0 Å². The molecule has 12 heavy (non-hydrogen) atoms. The maximum absolute atomic E-state index is 11.6. The Morgan fingerprint density at radius 2 is 2.33 bits per heavy atom. The van der Waals surface area contributed by atoms with Crippen molar-refractivity contribution in [2.45, 2.75) is 39.0 Å². The number of carbonyl (C=O) groups is 1. The molecule has 0 spiro atoms. The summed E-state index contributed by atoms with van der Waals surface area (Å²) in [5.41, 5.74) is 0.310. The molecule has 0 aromatic carbocycles. The van der Waals surface area contributed by atoms with Gasteiger partial charge in [0.05, 0.1) is 0 Å². The highest BCUT2D eigenvalue weighted by atomic mass is 16.1. The fraction of sp³-hybridized carbons (Fsp3) is 0.727. The fourth-order valence-electron chi connectivity index (χ4n) is 2.65. The Bertz CT molecular complexity index is 229. The van der Waals surface area contributed by atoms with E-state index in [1.54, 1.807) is 0 Å². The van der Waals surface area contributed by atoms with E-state index in [9.17, 15) is 4.79 Å². The summed E-state index contributed by atoms with van der Waals surface area (Å²) >= 11 is 0. The van der Waals surface area contributed by atoms with Crippen LogP contribution in [-0.2, 0) is 4.79 Å². The number of allylic oxidation sites excluding steroid dienone is 2. The zero-order valence-electron chi connectivity index (χ0n) is 7.68. The van der Waals surface area contributed by atoms with E-state index in [1.807, 2.05) is 0 Å². The van der Waals surface area contributed by atoms with Gasteiger partial charge in [-0.05, 0) is 31.1 Å². The van der Waals surface area contributed by atoms with Gasteiger partial charge in [-0.2, -0.15) is 0 Å². The lowest BCUT2D eigenvalue weighted by atomic mass is 9.62. The molecule has 0 aliphatic heterocycles. The Kier molecular flexibility index (Phi) is 1.82. The summed E-state index contributed by atoms with van der Waals surface area (Å²) in [4.78, 5) is 11.6. The van der Waals surface area contributed by atoms with Gasteiger partial charge in [-0.15, -0.1) is 0 Å². The smallest absolute Gasteiger partial charge is 0.136 e. The van der Waals surface area contributed by atoms with Crippen molar-refractivity contribution in [2.24, 2.45) is 11.3 Å². The van der Waals surface area contributed by atoms with E-state index in [-0.39, 0.29) is 0 Å². The van der Waals surface area contributed by atoms with Crippen molar-refractivity contribution < 1.29 is 4.79 Å². The lowest BCUT2D eigenvalue weighted by Gasteiger charge is -2.41. The molecule has 1 fully saturated rings. The zero-order chi connectivity index (χ0) is 8.60. The van der Waals surface area contributed by atoms with Gasteiger partial charge in [0.1, 0.15) is 5.78 Å². The molecular formula is C11H16O. The summed E-state index contributed by atoms with van der Waals surface area (Å²) < 4.78 is 0. The highest BCUT2D eigenvalue weighted by Gasteiger charge is 2.41. The van der Waals surface area contributed by atoms with Crippen LogP contribution in [0.25, 0.3) is 0 Å². The molecule has 0 heterocycles. The molecule has 0 saturated heterocycles. The van der Waals surface area contributed by atoms with Gasteiger partial charge in [0.2, 0.25) is 0 Å². The molecule has 1 unspecified atom stereocenters. The number of carbonyl (C=O) groups excluding carboxylic acids is 1. The molecule has 1 nitrogen and oxygen atoms in total. The van der Waals surface area contributed by atoms with E-state index in [4.69, 9.17) is 0 Å². The Morgan fingerprint density at radius 1 is 1.50 bits per heavy atom. The van der Waals surface area contributed by atoms with Crippen molar-refractivity contribution in [2.75, 3.05) is 0 Å². The lowest BCUT2D eigenvalue weighted by molar-refractivity contribution is -0.130. The molecule has 1 saturated carbocycles. The molecule has 2 rings (SSSR count). The fourth-order valence-corrected chi connectivity index (χ4v) is 2.65. The van der Waals surface area contributed by atoms with Crippen LogP contribution >= 0.6 is 0 Å². The van der Waals surface area contributed by atoms with Crippen molar-refractivity contribution in [3.05, 3.63) is 12.2 Å². The summed E-state index contributed by atoms with van der Waals surface area (Å²) in [6.07, 6.45) is 9.71. The molecule has 0 radical (unpaired) electrons. The third-order valence-electron chi connectivity index (χ3n) is 3.52. The van der Waals surface area contributed by atoms with Crippen molar-refractivity contribution >= 4 is 5.78 Å². The molecule has 0 amide bonds.